The van der Waals surface area contributed by atoms with Gasteiger partial charge in [-0.15, -0.1) is 0 Å². The molecule has 0 bridgehead atoms. The molecule has 0 spiro atoms. The molecule has 0 aromatic heterocycles. The lowest BCUT2D eigenvalue weighted by Gasteiger charge is -2.24. The van der Waals surface area contributed by atoms with Crippen molar-refractivity contribution in [3.63, 3.8) is 0 Å². The standard InChI is InChI=1S/C19H23BrN2O3S/c1-13(2)18(19(23)21-14(3)15-7-5-4-6-8-15)22-26(24,25)17-11-9-16(20)10-12-17/h4-14,18,22H,1-3H3,(H,21,23). The zero-order valence-corrected chi connectivity index (χ0v) is 17.3. The van der Waals surface area contributed by atoms with Crippen LogP contribution in [-0.2, 0) is 14.8 Å². The van der Waals surface area contributed by atoms with Crippen molar-refractivity contribution in [2.45, 2.75) is 37.8 Å². The van der Waals surface area contributed by atoms with Gasteiger partial charge in [0.2, 0.25) is 15.9 Å². The smallest absolute Gasteiger partial charge is 0.241 e. The quantitative estimate of drug-likeness (QED) is 0.692. The Labute approximate surface area is 163 Å². The number of carbonyl (C=O) groups excluding carboxylic acids is 1. The monoisotopic (exact) mass is 438 g/mol. The highest BCUT2D eigenvalue weighted by molar-refractivity contribution is 9.10. The Morgan fingerprint density at radius 1 is 0.962 bits per heavy atom. The Balaban J connectivity index is 2.15. The van der Waals surface area contributed by atoms with Crippen molar-refractivity contribution >= 4 is 31.9 Å². The summed E-state index contributed by atoms with van der Waals surface area (Å²) in [6.07, 6.45) is 0. The Morgan fingerprint density at radius 3 is 2.08 bits per heavy atom. The van der Waals surface area contributed by atoms with Gasteiger partial charge in [-0.2, -0.15) is 4.72 Å². The molecule has 2 aromatic carbocycles. The molecule has 0 aliphatic heterocycles. The number of amides is 1. The molecule has 0 radical (unpaired) electrons. The molecule has 0 saturated carbocycles. The summed E-state index contributed by atoms with van der Waals surface area (Å²) in [5.41, 5.74) is 0.958. The van der Waals surface area contributed by atoms with Gasteiger partial charge in [-0.25, -0.2) is 8.42 Å². The molecule has 0 aliphatic carbocycles. The van der Waals surface area contributed by atoms with Gasteiger partial charge in [-0.05, 0) is 42.7 Å². The first-order valence-corrected chi connectivity index (χ1v) is 10.6. The summed E-state index contributed by atoms with van der Waals surface area (Å²) < 4.78 is 28.5. The molecule has 26 heavy (non-hydrogen) atoms. The Bertz CT molecular complexity index is 837. The van der Waals surface area contributed by atoms with Crippen LogP contribution >= 0.6 is 15.9 Å². The number of hydrogen-bond acceptors (Lipinski definition) is 3. The normalized spacial score (nSPS) is 14.0. The fourth-order valence-corrected chi connectivity index (χ4v) is 4.08. The van der Waals surface area contributed by atoms with Crippen molar-refractivity contribution in [1.29, 1.82) is 0 Å². The largest absolute Gasteiger partial charge is 0.348 e. The maximum atomic E-state index is 12.7. The molecular weight excluding hydrogens is 416 g/mol. The molecular formula is C19H23BrN2O3S. The van der Waals surface area contributed by atoms with Gasteiger partial charge in [0.25, 0.3) is 0 Å². The Morgan fingerprint density at radius 2 is 1.54 bits per heavy atom. The van der Waals surface area contributed by atoms with E-state index in [4.69, 9.17) is 0 Å². The van der Waals surface area contributed by atoms with E-state index in [9.17, 15) is 13.2 Å². The second-order valence-electron chi connectivity index (χ2n) is 6.44. The minimum atomic E-state index is -3.80. The van der Waals surface area contributed by atoms with Gasteiger partial charge in [0, 0.05) is 4.47 Å². The molecule has 0 aliphatic rings. The number of carbonyl (C=O) groups is 1. The molecule has 7 heteroatoms. The molecule has 140 valence electrons. The van der Waals surface area contributed by atoms with E-state index >= 15 is 0 Å². The van der Waals surface area contributed by atoms with Crippen molar-refractivity contribution in [3.8, 4) is 0 Å². The van der Waals surface area contributed by atoms with Crippen molar-refractivity contribution in [3.05, 3.63) is 64.6 Å². The van der Waals surface area contributed by atoms with Gasteiger partial charge in [0.15, 0.2) is 0 Å². The highest BCUT2D eigenvalue weighted by Crippen LogP contribution is 2.17. The number of nitrogens with one attached hydrogen (secondary N) is 2. The van der Waals surface area contributed by atoms with E-state index in [1.165, 1.54) is 12.1 Å². The molecule has 2 N–H and O–H groups in total. The fraction of sp³-hybridized carbons (Fsp3) is 0.316. The maximum absolute atomic E-state index is 12.7. The van der Waals surface area contributed by atoms with Gasteiger partial charge in [-0.3, -0.25) is 4.79 Å². The number of rotatable bonds is 7. The minimum absolute atomic E-state index is 0.121. The van der Waals surface area contributed by atoms with Gasteiger partial charge in [0.05, 0.1) is 10.9 Å². The predicted octanol–water partition coefficient (Wildman–Crippen LogP) is 3.63. The van der Waals surface area contributed by atoms with E-state index in [2.05, 4.69) is 26.0 Å². The van der Waals surface area contributed by atoms with Gasteiger partial charge >= 0.3 is 0 Å². The lowest BCUT2D eigenvalue weighted by atomic mass is 10.0. The van der Waals surface area contributed by atoms with Crippen LogP contribution in [0.1, 0.15) is 32.4 Å². The van der Waals surface area contributed by atoms with E-state index in [0.29, 0.717) is 0 Å². The van der Waals surface area contributed by atoms with Crippen LogP contribution in [0.25, 0.3) is 0 Å². The number of hydrogen-bond donors (Lipinski definition) is 2. The summed E-state index contributed by atoms with van der Waals surface area (Å²) in [7, 11) is -3.80. The molecule has 5 nitrogen and oxygen atoms in total. The van der Waals surface area contributed by atoms with Crippen LogP contribution in [0.15, 0.2) is 64.0 Å². The highest BCUT2D eigenvalue weighted by Gasteiger charge is 2.29. The van der Waals surface area contributed by atoms with Crippen molar-refractivity contribution in [2.75, 3.05) is 0 Å². The average molecular weight is 439 g/mol. The van der Waals surface area contributed by atoms with Gasteiger partial charge in [-0.1, -0.05) is 60.1 Å². The molecule has 0 heterocycles. The lowest BCUT2D eigenvalue weighted by molar-refractivity contribution is -0.124. The maximum Gasteiger partial charge on any atom is 0.241 e. The second-order valence-corrected chi connectivity index (χ2v) is 9.07. The number of sulfonamides is 1. The molecule has 2 unspecified atom stereocenters. The number of benzene rings is 2. The highest BCUT2D eigenvalue weighted by atomic mass is 79.9. The minimum Gasteiger partial charge on any atom is -0.348 e. The van der Waals surface area contributed by atoms with Crippen molar-refractivity contribution in [2.24, 2.45) is 5.92 Å². The summed E-state index contributed by atoms with van der Waals surface area (Å²) in [5.74, 6) is -0.555. The van der Waals surface area contributed by atoms with E-state index in [1.54, 1.807) is 12.1 Å². The van der Waals surface area contributed by atoms with E-state index < -0.39 is 16.1 Å². The van der Waals surface area contributed by atoms with Crippen LogP contribution in [0.4, 0.5) is 0 Å². The van der Waals surface area contributed by atoms with Crippen LogP contribution in [0.5, 0.6) is 0 Å². The van der Waals surface area contributed by atoms with Crippen molar-refractivity contribution < 1.29 is 13.2 Å². The molecule has 2 aromatic rings. The first-order chi connectivity index (χ1) is 12.2. The summed E-state index contributed by atoms with van der Waals surface area (Å²) in [4.78, 5) is 12.8. The third kappa shape index (κ3) is 5.40. The fourth-order valence-electron chi connectivity index (χ4n) is 2.47. The van der Waals surface area contributed by atoms with Crippen LogP contribution in [0.2, 0.25) is 0 Å². The first kappa shape index (κ1) is 20.6. The van der Waals surface area contributed by atoms with Crippen LogP contribution in [0, 0.1) is 5.92 Å². The molecule has 0 fully saturated rings. The Kier molecular flexibility index (Phi) is 6.97. The third-order valence-corrected chi connectivity index (χ3v) is 6.00. The average Bonchev–Trinajstić information content (AvgIpc) is 2.60. The van der Waals surface area contributed by atoms with Crippen LogP contribution in [0.3, 0.4) is 0 Å². The summed E-state index contributed by atoms with van der Waals surface area (Å²) >= 11 is 3.28. The lowest BCUT2D eigenvalue weighted by Crippen LogP contribution is -2.50. The zero-order valence-electron chi connectivity index (χ0n) is 14.9. The summed E-state index contributed by atoms with van der Waals surface area (Å²) in [6, 6.07) is 14.7. The van der Waals surface area contributed by atoms with Crippen LogP contribution < -0.4 is 10.0 Å². The third-order valence-electron chi connectivity index (χ3n) is 4.01. The summed E-state index contributed by atoms with van der Waals surface area (Å²) in [6.45, 7) is 5.48. The molecule has 2 rings (SSSR count). The van der Waals surface area contributed by atoms with Gasteiger partial charge in [0.1, 0.15) is 6.04 Å². The molecule has 0 saturated heterocycles. The number of halogens is 1. The van der Waals surface area contributed by atoms with Gasteiger partial charge < -0.3 is 5.32 Å². The van der Waals surface area contributed by atoms with Crippen LogP contribution in [-0.4, -0.2) is 20.4 Å². The SMILES string of the molecule is CC(NC(=O)C(NS(=O)(=O)c1ccc(Br)cc1)C(C)C)c1ccccc1. The summed E-state index contributed by atoms with van der Waals surface area (Å²) in [5, 5.41) is 2.89. The molecule has 1 amide bonds. The molecule has 2 atom stereocenters. The van der Waals surface area contributed by atoms with Crippen molar-refractivity contribution in [1.82, 2.24) is 10.0 Å². The Hall–Kier alpha value is -1.70. The van der Waals surface area contributed by atoms with E-state index in [1.807, 2.05) is 51.1 Å². The van der Waals surface area contributed by atoms with E-state index in [-0.39, 0.29) is 22.8 Å². The first-order valence-electron chi connectivity index (χ1n) is 8.34. The topological polar surface area (TPSA) is 75.3 Å². The second kappa shape index (κ2) is 8.79. The van der Waals surface area contributed by atoms with E-state index in [0.717, 1.165) is 10.0 Å². The zero-order chi connectivity index (χ0) is 19.3. The predicted molar refractivity (Wildman–Crippen MR) is 106 cm³/mol.